The molecule has 0 radical (unpaired) electrons. The summed E-state index contributed by atoms with van der Waals surface area (Å²) in [5.41, 5.74) is 1.83. The molecule has 1 fully saturated rings. The number of carbonyl (C=O) groups excluding carboxylic acids is 1. The molecule has 0 aliphatic carbocycles. The van der Waals surface area contributed by atoms with E-state index in [-0.39, 0.29) is 11.8 Å². The van der Waals surface area contributed by atoms with Crippen molar-refractivity contribution in [2.24, 2.45) is 5.92 Å². The van der Waals surface area contributed by atoms with Gasteiger partial charge < -0.3 is 14.7 Å². The van der Waals surface area contributed by atoms with Crippen molar-refractivity contribution in [3.63, 3.8) is 0 Å². The molecule has 1 N–H and O–H groups in total. The van der Waals surface area contributed by atoms with Crippen molar-refractivity contribution < 1.29 is 14.6 Å². The van der Waals surface area contributed by atoms with Gasteiger partial charge in [-0.05, 0) is 30.7 Å². The van der Waals surface area contributed by atoms with Gasteiger partial charge in [-0.25, -0.2) is 0 Å². The van der Waals surface area contributed by atoms with Gasteiger partial charge in [-0.3, -0.25) is 4.79 Å². The van der Waals surface area contributed by atoms with Crippen LogP contribution < -0.4 is 4.74 Å². The standard InChI is InChI=1S/C20H23NO3/c1-14-12-21(13-20(14,2)23)19(22)16-10-8-15(9-11-16)17-6-4-5-7-18(17)24-3/h4-11,14,23H,12-13H2,1-3H3. The maximum Gasteiger partial charge on any atom is 0.253 e. The van der Waals surface area contributed by atoms with Gasteiger partial charge in [0.05, 0.1) is 12.7 Å². The maximum atomic E-state index is 12.6. The van der Waals surface area contributed by atoms with Crippen LogP contribution in [0.5, 0.6) is 5.75 Å². The first kappa shape index (κ1) is 16.5. The second kappa shape index (κ2) is 6.29. The molecule has 2 aromatic rings. The predicted molar refractivity (Wildman–Crippen MR) is 94.1 cm³/mol. The van der Waals surface area contributed by atoms with Crippen molar-refractivity contribution in [1.29, 1.82) is 0 Å². The van der Waals surface area contributed by atoms with Gasteiger partial charge >= 0.3 is 0 Å². The molecule has 0 spiro atoms. The number of carbonyl (C=O) groups is 1. The van der Waals surface area contributed by atoms with Crippen LogP contribution in [0.3, 0.4) is 0 Å². The summed E-state index contributed by atoms with van der Waals surface area (Å²) in [5.74, 6) is 0.849. The number of para-hydroxylation sites is 1. The van der Waals surface area contributed by atoms with Gasteiger partial charge in [-0.2, -0.15) is 0 Å². The molecule has 0 bridgehead atoms. The smallest absolute Gasteiger partial charge is 0.253 e. The zero-order valence-electron chi connectivity index (χ0n) is 14.3. The van der Waals surface area contributed by atoms with Gasteiger partial charge in [0.1, 0.15) is 5.75 Å². The van der Waals surface area contributed by atoms with Crippen LogP contribution in [-0.4, -0.2) is 41.7 Å². The lowest BCUT2D eigenvalue weighted by Gasteiger charge is -2.20. The van der Waals surface area contributed by atoms with E-state index in [0.717, 1.165) is 16.9 Å². The molecule has 1 amide bonds. The highest BCUT2D eigenvalue weighted by Crippen LogP contribution is 2.31. The van der Waals surface area contributed by atoms with E-state index in [4.69, 9.17) is 4.74 Å². The van der Waals surface area contributed by atoms with Crippen molar-refractivity contribution in [3.05, 3.63) is 54.1 Å². The van der Waals surface area contributed by atoms with E-state index in [2.05, 4.69) is 0 Å². The van der Waals surface area contributed by atoms with Crippen molar-refractivity contribution >= 4 is 5.91 Å². The fraction of sp³-hybridized carbons (Fsp3) is 0.350. The zero-order chi connectivity index (χ0) is 17.3. The minimum atomic E-state index is -0.812. The summed E-state index contributed by atoms with van der Waals surface area (Å²) < 4.78 is 5.39. The Hall–Kier alpha value is -2.33. The first-order valence-electron chi connectivity index (χ1n) is 8.17. The van der Waals surface area contributed by atoms with Crippen LogP contribution in [0.2, 0.25) is 0 Å². The molecule has 1 aliphatic heterocycles. The van der Waals surface area contributed by atoms with Gasteiger partial charge in [-0.1, -0.05) is 37.3 Å². The lowest BCUT2D eigenvalue weighted by atomic mass is 9.95. The fourth-order valence-corrected chi connectivity index (χ4v) is 3.15. The van der Waals surface area contributed by atoms with Gasteiger partial charge in [0.15, 0.2) is 0 Å². The molecule has 2 aromatic carbocycles. The average Bonchev–Trinajstić information content (AvgIpc) is 2.87. The third-order valence-electron chi connectivity index (χ3n) is 4.90. The Kier molecular flexibility index (Phi) is 4.33. The summed E-state index contributed by atoms with van der Waals surface area (Å²) in [7, 11) is 1.65. The molecular formula is C20H23NO3. The van der Waals surface area contributed by atoms with Crippen LogP contribution in [0.15, 0.2) is 48.5 Å². The average molecular weight is 325 g/mol. The lowest BCUT2D eigenvalue weighted by molar-refractivity contribution is 0.0351. The number of ether oxygens (including phenoxy) is 1. The highest BCUT2D eigenvalue weighted by atomic mass is 16.5. The Morgan fingerprint density at radius 1 is 1.21 bits per heavy atom. The number of nitrogens with zero attached hydrogens (tertiary/aromatic N) is 1. The molecule has 126 valence electrons. The molecule has 0 saturated carbocycles. The van der Waals surface area contributed by atoms with E-state index in [9.17, 15) is 9.90 Å². The topological polar surface area (TPSA) is 49.8 Å². The lowest BCUT2D eigenvalue weighted by Crippen LogP contribution is -2.35. The van der Waals surface area contributed by atoms with Crippen LogP contribution in [0.25, 0.3) is 11.1 Å². The Labute approximate surface area is 142 Å². The van der Waals surface area contributed by atoms with Crippen LogP contribution in [-0.2, 0) is 0 Å². The van der Waals surface area contributed by atoms with Gasteiger partial charge in [0.2, 0.25) is 0 Å². The van der Waals surface area contributed by atoms with Crippen LogP contribution >= 0.6 is 0 Å². The number of amides is 1. The van der Waals surface area contributed by atoms with Crippen molar-refractivity contribution in [3.8, 4) is 16.9 Å². The molecule has 0 aromatic heterocycles. The molecule has 2 unspecified atom stereocenters. The largest absolute Gasteiger partial charge is 0.496 e. The number of rotatable bonds is 3. The highest BCUT2D eigenvalue weighted by Gasteiger charge is 2.40. The second-order valence-corrected chi connectivity index (χ2v) is 6.72. The molecule has 4 nitrogen and oxygen atoms in total. The highest BCUT2D eigenvalue weighted by molar-refractivity contribution is 5.95. The number of likely N-dealkylation sites (tertiary alicyclic amines) is 1. The first-order valence-corrected chi connectivity index (χ1v) is 8.17. The quantitative estimate of drug-likeness (QED) is 0.943. The van der Waals surface area contributed by atoms with Crippen LogP contribution in [0.1, 0.15) is 24.2 Å². The summed E-state index contributed by atoms with van der Waals surface area (Å²) in [6.45, 7) is 4.72. The van der Waals surface area contributed by atoms with E-state index in [1.165, 1.54) is 0 Å². The van der Waals surface area contributed by atoms with Crippen LogP contribution in [0, 0.1) is 5.92 Å². The Bertz CT molecular complexity index is 737. The Morgan fingerprint density at radius 3 is 2.46 bits per heavy atom. The molecular weight excluding hydrogens is 302 g/mol. The number of benzene rings is 2. The van der Waals surface area contributed by atoms with Crippen molar-refractivity contribution in [1.82, 2.24) is 4.90 Å². The molecule has 1 aliphatic rings. The van der Waals surface area contributed by atoms with Gasteiger partial charge in [-0.15, -0.1) is 0 Å². The normalized spacial score (nSPS) is 23.3. The summed E-state index contributed by atoms with van der Waals surface area (Å²) in [5, 5.41) is 10.3. The summed E-state index contributed by atoms with van der Waals surface area (Å²) in [6.07, 6.45) is 0. The SMILES string of the molecule is COc1ccccc1-c1ccc(C(=O)N2CC(C)C(C)(O)C2)cc1. The fourth-order valence-electron chi connectivity index (χ4n) is 3.15. The minimum Gasteiger partial charge on any atom is -0.496 e. The van der Waals surface area contributed by atoms with E-state index in [0.29, 0.717) is 18.7 Å². The zero-order valence-corrected chi connectivity index (χ0v) is 14.3. The van der Waals surface area contributed by atoms with E-state index < -0.39 is 5.60 Å². The molecule has 3 rings (SSSR count). The number of aliphatic hydroxyl groups is 1. The Balaban J connectivity index is 1.81. The predicted octanol–water partition coefficient (Wildman–Crippen LogP) is 3.21. The van der Waals surface area contributed by atoms with Crippen molar-refractivity contribution in [2.75, 3.05) is 20.2 Å². The molecule has 24 heavy (non-hydrogen) atoms. The number of hydrogen-bond acceptors (Lipinski definition) is 3. The molecule has 1 heterocycles. The van der Waals surface area contributed by atoms with Gasteiger partial charge in [0.25, 0.3) is 5.91 Å². The first-order chi connectivity index (χ1) is 11.4. The minimum absolute atomic E-state index is 0.0359. The number of methoxy groups -OCH3 is 1. The summed E-state index contributed by atoms with van der Waals surface area (Å²) >= 11 is 0. The monoisotopic (exact) mass is 325 g/mol. The molecule has 2 atom stereocenters. The number of β-amino-alcohol motifs (C(OH)–C–C–N with tert-alkyl or cyclic N) is 1. The van der Waals surface area contributed by atoms with Gasteiger partial charge in [0, 0.05) is 30.1 Å². The molecule has 4 heteroatoms. The van der Waals surface area contributed by atoms with Crippen molar-refractivity contribution in [2.45, 2.75) is 19.4 Å². The van der Waals surface area contributed by atoms with E-state index in [1.807, 2.05) is 55.5 Å². The van der Waals surface area contributed by atoms with E-state index >= 15 is 0 Å². The second-order valence-electron chi connectivity index (χ2n) is 6.72. The Morgan fingerprint density at radius 2 is 1.88 bits per heavy atom. The summed E-state index contributed by atoms with van der Waals surface area (Å²) in [6, 6.07) is 15.3. The van der Waals surface area contributed by atoms with Crippen LogP contribution in [0.4, 0.5) is 0 Å². The third kappa shape index (κ3) is 3.02. The third-order valence-corrected chi connectivity index (χ3v) is 4.90. The van der Waals surface area contributed by atoms with E-state index in [1.54, 1.807) is 18.9 Å². The molecule has 1 saturated heterocycles. The number of hydrogen-bond donors (Lipinski definition) is 1. The summed E-state index contributed by atoms with van der Waals surface area (Å²) in [4.78, 5) is 14.4. The maximum absolute atomic E-state index is 12.6.